The highest BCUT2D eigenvalue weighted by Gasteiger charge is 2.21. The first kappa shape index (κ1) is 12.4. The lowest BCUT2D eigenvalue weighted by molar-refractivity contribution is 0.113. The van der Waals surface area contributed by atoms with E-state index in [0.717, 1.165) is 24.3 Å². The molecule has 94 valence electrons. The zero-order valence-corrected chi connectivity index (χ0v) is 10.4. The fourth-order valence-corrected chi connectivity index (χ4v) is 2.35. The lowest BCUT2D eigenvalue weighted by Crippen LogP contribution is -2.44. The molecule has 1 aliphatic heterocycles. The largest absolute Gasteiger partial charge is 0.497 e. The summed E-state index contributed by atoms with van der Waals surface area (Å²) in [4.78, 5) is 0. The van der Waals surface area contributed by atoms with Crippen molar-refractivity contribution in [2.24, 2.45) is 0 Å². The Labute approximate surface area is 103 Å². The molecule has 0 saturated carbocycles. The Morgan fingerprint density at radius 1 is 1.35 bits per heavy atom. The van der Waals surface area contributed by atoms with Crippen LogP contribution in [0.15, 0.2) is 24.3 Å². The van der Waals surface area contributed by atoms with E-state index in [0.29, 0.717) is 6.42 Å². The van der Waals surface area contributed by atoms with Crippen LogP contribution >= 0.6 is 0 Å². The van der Waals surface area contributed by atoms with Crippen LogP contribution in [0.3, 0.4) is 0 Å². The van der Waals surface area contributed by atoms with E-state index in [1.165, 1.54) is 12.8 Å². The molecular formula is C14H21NO2. The van der Waals surface area contributed by atoms with Crippen LogP contribution in [0.2, 0.25) is 0 Å². The Bertz CT molecular complexity index is 331. The van der Waals surface area contributed by atoms with E-state index in [1.54, 1.807) is 7.11 Å². The van der Waals surface area contributed by atoms with Crippen LogP contribution in [0.4, 0.5) is 0 Å². The maximum Gasteiger partial charge on any atom is 0.118 e. The van der Waals surface area contributed by atoms with E-state index in [-0.39, 0.29) is 12.1 Å². The van der Waals surface area contributed by atoms with Crippen molar-refractivity contribution in [2.75, 3.05) is 13.7 Å². The summed E-state index contributed by atoms with van der Waals surface area (Å²) in [6, 6.07) is 8.17. The van der Waals surface area contributed by atoms with Crippen LogP contribution in [0, 0.1) is 0 Å². The minimum atomic E-state index is -0.288. The quantitative estimate of drug-likeness (QED) is 0.835. The number of nitrogens with one attached hydrogen (secondary N) is 1. The predicted molar refractivity (Wildman–Crippen MR) is 68.3 cm³/mol. The van der Waals surface area contributed by atoms with Gasteiger partial charge in [-0.25, -0.2) is 0 Å². The van der Waals surface area contributed by atoms with Crippen molar-refractivity contribution < 1.29 is 9.84 Å². The highest BCUT2D eigenvalue weighted by atomic mass is 16.5. The molecule has 0 aliphatic carbocycles. The molecule has 1 fully saturated rings. The van der Waals surface area contributed by atoms with Crippen LogP contribution in [0.1, 0.15) is 24.8 Å². The van der Waals surface area contributed by atoms with Gasteiger partial charge in [-0.1, -0.05) is 18.6 Å². The van der Waals surface area contributed by atoms with Crippen LogP contribution in [-0.4, -0.2) is 30.9 Å². The molecule has 2 unspecified atom stereocenters. The molecular weight excluding hydrogens is 214 g/mol. The lowest BCUT2D eigenvalue weighted by atomic mass is 9.95. The highest BCUT2D eigenvalue weighted by Crippen LogP contribution is 2.16. The number of benzene rings is 1. The second kappa shape index (κ2) is 6.03. The lowest BCUT2D eigenvalue weighted by Gasteiger charge is -2.28. The van der Waals surface area contributed by atoms with E-state index in [9.17, 15) is 5.11 Å². The van der Waals surface area contributed by atoms with E-state index < -0.39 is 0 Å². The van der Waals surface area contributed by atoms with Gasteiger partial charge in [0.15, 0.2) is 0 Å². The number of piperidine rings is 1. The summed E-state index contributed by atoms with van der Waals surface area (Å²) in [5, 5.41) is 13.5. The molecule has 0 bridgehead atoms. The van der Waals surface area contributed by atoms with Gasteiger partial charge >= 0.3 is 0 Å². The second-order valence-electron chi connectivity index (χ2n) is 4.68. The monoisotopic (exact) mass is 235 g/mol. The Kier molecular flexibility index (Phi) is 4.40. The molecule has 3 heteroatoms. The van der Waals surface area contributed by atoms with Crippen LogP contribution in [-0.2, 0) is 6.42 Å². The molecule has 1 aromatic rings. The molecule has 0 radical (unpaired) electrons. The minimum Gasteiger partial charge on any atom is -0.497 e. The van der Waals surface area contributed by atoms with Gasteiger partial charge < -0.3 is 15.2 Å². The molecule has 0 aromatic heterocycles. The van der Waals surface area contributed by atoms with Gasteiger partial charge in [-0.3, -0.25) is 0 Å². The standard InChI is InChI=1S/C14H21NO2/c1-17-12-7-5-11(6-8-12)10-14(16)13-4-2-3-9-15-13/h5-8,13-16H,2-4,9-10H2,1H3. The number of methoxy groups -OCH3 is 1. The second-order valence-corrected chi connectivity index (χ2v) is 4.68. The molecule has 0 spiro atoms. The predicted octanol–water partition coefficient (Wildman–Crippen LogP) is 1.74. The normalized spacial score (nSPS) is 22.1. The summed E-state index contributed by atoms with van der Waals surface area (Å²) in [6.07, 6.45) is 3.95. The first-order valence-corrected chi connectivity index (χ1v) is 6.34. The first-order valence-electron chi connectivity index (χ1n) is 6.34. The van der Waals surface area contributed by atoms with E-state index >= 15 is 0 Å². The Morgan fingerprint density at radius 2 is 2.12 bits per heavy atom. The summed E-state index contributed by atoms with van der Waals surface area (Å²) in [7, 11) is 1.66. The summed E-state index contributed by atoms with van der Waals surface area (Å²) >= 11 is 0. The number of hydrogen-bond donors (Lipinski definition) is 2. The number of hydrogen-bond acceptors (Lipinski definition) is 3. The summed E-state index contributed by atoms with van der Waals surface area (Å²) in [6.45, 7) is 1.03. The molecule has 1 saturated heterocycles. The molecule has 2 atom stereocenters. The van der Waals surface area contributed by atoms with Crippen molar-refractivity contribution in [3.8, 4) is 5.75 Å². The minimum absolute atomic E-state index is 0.255. The topological polar surface area (TPSA) is 41.5 Å². The van der Waals surface area contributed by atoms with Gasteiger partial charge in [0.1, 0.15) is 5.75 Å². The summed E-state index contributed by atoms with van der Waals surface area (Å²) in [5.41, 5.74) is 1.16. The Balaban J connectivity index is 1.89. The van der Waals surface area contributed by atoms with Crippen molar-refractivity contribution in [3.05, 3.63) is 29.8 Å². The van der Waals surface area contributed by atoms with Gasteiger partial charge in [0.2, 0.25) is 0 Å². The number of rotatable bonds is 4. The average Bonchev–Trinajstić information content (AvgIpc) is 2.40. The Hall–Kier alpha value is -1.06. The average molecular weight is 235 g/mol. The van der Waals surface area contributed by atoms with Crippen molar-refractivity contribution in [2.45, 2.75) is 37.8 Å². The van der Waals surface area contributed by atoms with Gasteiger partial charge in [0.05, 0.1) is 13.2 Å². The summed E-state index contributed by atoms with van der Waals surface area (Å²) in [5.74, 6) is 0.860. The zero-order valence-electron chi connectivity index (χ0n) is 10.4. The van der Waals surface area contributed by atoms with Crippen LogP contribution < -0.4 is 10.1 Å². The van der Waals surface area contributed by atoms with Gasteiger partial charge in [0.25, 0.3) is 0 Å². The van der Waals surface area contributed by atoms with Gasteiger partial charge in [-0.2, -0.15) is 0 Å². The molecule has 1 aromatic carbocycles. The fourth-order valence-electron chi connectivity index (χ4n) is 2.35. The van der Waals surface area contributed by atoms with Crippen molar-refractivity contribution in [1.82, 2.24) is 5.32 Å². The van der Waals surface area contributed by atoms with Crippen molar-refractivity contribution in [3.63, 3.8) is 0 Å². The molecule has 17 heavy (non-hydrogen) atoms. The highest BCUT2D eigenvalue weighted by molar-refractivity contribution is 5.27. The molecule has 0 amide bonds. The van der Waals surface area contributed by atoms with Crippen molar-refractivity contribution >= 4 is 0 Å². The third-order valence-electron chi connectivity index (χ3n) is 3.42. The maximum atomic E-state index is 10.2. The van der Waals surface area contributed by atoms with Gasteiger partial charge in [0, 0.05) is 6.04 Å². The molecule has 2 rings (SSSR count). The fraction of sp³-hybridized carbons (Fsp3) is 0.571. The van der Waals surface area contributed by atoms with Crippen molar-refractivity contribution in [1.29, 1.82) is 0 Å². The molecule has 1 heterocycles. The maximum absolute atomic E-state index is 10.2. The molecule has 3 nitrogen and oxygen atoms in total. The van der Waals surface area contributed by atoms with E-state index in [1.807, 2.05) is 24.3 Å². The van der Waals surface area contributed by atoms with Crippen LogP contribution in [0.25, 0.3) is 0 Å². The van der Waals surface area contributed by atoms with Crippen LogP contribution in [0.5, 0.6) is 5.75 Å². The van der Waals surface area contributed by atoms with E-state index in [4.69, 9.17) is 4.74 Å². The SMILES string of the molecule is COc1ccc(CC(O)C2CCCCN2)cc1. The molecule has 1 aliphatic rings. The van der Waals surface area contributed by atoms with Gasteiger partial charge in [-0.15, -0.1) is 0 Å². The number of aliphatic hydroxyl groups is 1. The first-order chi connectivity index (χ1) is 8.29. The number of aliphatic hydroxyl groups excluding tert-OH is 1. The Morgan fingerprint density at radius 3 is 2.71 bits per heavy atom. The third kappa shape index (κ3) is 3.45. The summed E-state index contributed by atoms with van der Waals surface area (Å²) < 4.78 is 5.12. The third-order valence-corrected chi connectivity index (χ3v) is 3.42. The number of ether oxygens (including phenoxy) is 1. The van der Waals surface area contributed by atoms with E-state index in [2.05, 4.69) is 5.32 Å². The molecule has 2 N–H and O–H groups in total. The van der Waals surface area contributed by atoms with Gasteiger partial charge in [-0.05, 0) is 43.5 Å². The zero-order chi connectivity index (χ0) is 12.1. The smallest absolute Gasteiger partial charge is 0.118 e.